The minimum Gasteiger partial charge on any atom is -0.274 e. The summed E-state index contributed by atoms with van der Waals surface area (Å²) in [5.74, 6) is -0.956. The second kappa shape index (κ2) is 4.38. The van der Waals surface area contributed by atoms with E-state index in [2.05, 4.69) is 15.9 Å². The predicted molar refractivity (Wildman–Crippen MR) is 62.2 cm³/mol. The molecule has 0 aromatic heterocycles. The summed E-state index contributed by atoms with van der Waals surface area (Å²) in [6.45, 7) is 0.191. The summed E-state index contributed by atoms with van der Waals surface area (Å²) < 4.78 is 38.1. The van der Waals surface area contributed by atoms with Gasteiger partial charge in [-0.1, -0.05) is 0 Å². The normalized spacial score (nSPS) is 16.6. The molecule has 1 amide bonds. The van der Waals surface area contributed by atoms with Crippen LogP contribution in [0.1, 0.15) is 12.8 Å². The molecule has 1 aliphatic heterocycles. The molecule has 0 atom stereocenters. The minimum absolute atomic E-state index is 0.0604. The highest BCUT2D eigenvalue weighted by atomic mass is 79.9. The van der Waals surface area contributed by atoms with Crippen LogP contribution >= 0.6 is 15.9 Å². The number of nitrogens with zero attached hydrogens (tertiary/aromatic N) is 1. The van der Waals surface area contributed by atoms with Crippen molar-refractivity contribution in [3.63, 3.8) is 0 Å². The molecule has 1 heterocycles. The largest absolute Gasteiger partial charge is 0.274 e. The number of hydrogen-bond donors (Lipinski definition) is 0. The molecule has 0 unspecified atom stereocenters. The third-order valence-corrected chi connectivity index (χ3v) is 4.93. The first kappa shape index (κ1) is 12.5. The van der Waals surface area contributed by atoms with Gasteiger partial charge in [0.2, 0.25) is 5.91 Å². The van der Waals surface area contributed by atoms with Crippen LogP contribution in [0, 0.1) is 5.82 Å². The van der Waals surface area contributed by atoms with Gasteiger partial charge in [-0.25, -0.2) is 17.1 Å². The molecule has 17 heavy (non-hydrogen) atoms. The molecule has 4 nitrogen and oxygen atoms in total. The fraction of sp³-hybridized carbons (Fsp3) is 0.300. The van der Waals surface area contributed by atoms with E-state index in [9.17, 15) is 17.6 Å². The standard InChI is InChI=1S/C10H9BrFNO3S/c11-8-6-7(3-4-9(8)12)17(15,16)13-5-1-2-10(13)14/h3-4,6H,1-2,5H2. The summed E-state index contributed by atoms with van der Waals surface area (Å²) in [6, 6.07) is 3.37. The molecular formula is C10H9BrFNO3S. The van der Waals surface area contributed by atoms with Crippen molar-refractivity contribution >= 4 is 31.9 Å². The van der Waals surface area contributed by atoms with E-state index in [1.54, 1.807) is 0 Å². The van der Waals surface area contributed by atoms with Crippen LogP contribution in [-0.2, 0) is 14.8 Å². The van der Waals surface area contributed by atoms with Gasteiger partial charge in [0, 0.05) is 13.0 Å². The van der Waals surface area contributed by atoms with Gasteiger partial charge >= 0.3 is 0 Å². The molecule has 0 bridgehead atoms. The summed E-state index contributed by atoms with van der Waals surface area (Å²) >= 11 is 2.92. The van der Waals surface area contributed by atoms with E-state index < -0.39 is 21.7 Å². The lowest BCUT2D eigenvalue weighted by Crippen LogP contribution is -2.31. The lowest BCUT2D eigenvalue weighted by Gasteiger charge is -2.16. The zero-order chi connectivity index (χ0) is 12.6. The minimum atomic E-state index is -3.84. The SMILES string of the molecule is O=C1CCCN1S(=O)(=O)c1ccc(F)c(Br)c1. The van der Waals surface area contributed by atoms with E-state index in [1.165, 1.54) is 0 Å². The summed E-state index contributed by atoms with van der Waals surface area (Å²) in [4.78, 5) is 11.3. The van der Waals surface area contributed by atoms with E-state index in [1.807, 2.05) is 0 Å². The van der Waals surface area contributed by atoms with Crippen molar-refractivity contribution in [2.75, 3.05) is 6.54 Å². The Morgan fingerprint density at radius 1 is 1.35 bits per heavy atom. The smallest absolute Gasteiger partial charge is 0.266 e. The van der Waals surface area contributed by atoms with E-state index in [4.69, 9.17) is 0 Å². The van der Waals surface area contributed by atoms with Gasteiger partial charge in [-0.2, -0.15) is 0 Å². The number of carbonyl (C=O) groups is 1. The van der Waals surface area contributed by atoms with Crippen LogP contribution in [0.4, 0.5) is 4.39 Å². The van der Waals surface area contributed by atoms with Crippen LogP contribution in [0.3, 0.4) is 0 Å². The zero-order valence-corrected chi connectivity index (χ0v) is 11.1. The van der Waals surface area contributed by atoms with Gasteiger partial charge in [-0.15, -0.1) is 0 Å². The molecule has 1 saturated heterocycles. The Morgan fingerprint density at radius 2 is 2.06 bits per heavy atom. The highest BCUT2D eigenvalue weighted by molar-refractivity contribution is 9.10. The molecule has 1 fully saturated rings. The van der Waals surface area contributed by atoms with Crippen molar-refractivity contribution in [2.45, 2.75) is 17.7 Å². The van der Waals surface area contributed by atoms with Crippen LogP contribution in [0.15, 0.2) is 27.6 Å². The highest BCUT2D eigenvalue weighted by Gasteiger charge is 2.32. The molecule has 0 N–H and O–H groups in total. The second-order valence-electron chi connectivity index (χ2n) is 3.65. The first-order valence-electron chi connectivity index (χ1n) is 4.93. The lowest BCUT2D eigenvalue weighted by molar-refractivity contribution is -0.123. The Labute approximate surface area is 107 Å². The van der Waals surface area contributed by atoms with Gasteiger partial charge < -0.3 is 0 Å². The Morgan fingerprint density at radius 3 is 2.59 bits per heavy atom. The van der Waals surface area contributed by atoms with Gasteiger partial charge in [-0.3, -0.25) is 4.79 Å². The molecule has 1 aromatic rings. The van der Waals surface area contributed by atoms with Crippen LogP contribution < -0.4 is 0 Å². The molecule has 0 radical (unpaired) electrons. The van der Waals surface area contributed by atoms with Crippen LogP contribution in [-0.4, -0.2) is 25.2 Å². The summed E-state index contributed by atoms with van der Waals surface area (Å²) in [5.41, 5.74) is 0. The molecule has 0 spiro atoms. The number of hydrogen-bond acceptors (Lipinski definition) is 3. The maximum Gasteiger partial charge on any atom is 0.266 e. The third kappa shape index (κ3) is 2.21. The van der Waals surface area contributed by atoms with Crippen molar-refractivity contribution in [1.29, 1.82) is 0 Å². The number of benzene rings is 1. The summed E-state index contributed by atoms with van der Waals surface area (Å²) in [7, 11) is -3.84. The predicted octanol–water partition coefficient (Wildman–Crippen LogP) is 1.90. The average Bonchev–Trinajstić information content (AvgIpc) is 2.69. The number of amides is 1. The highest BCUT2D eigenvalue weighted by Crippen LogP contribution is 2.25. The van der Waals surface area contributed by atoms with Crippen LogP contribution in [0.25, 0.3) is 0 Å². The molecule has 1 aliphatic rings. The lowest BCUT2D eigenvalue weighted by atomic mass is 10.3. The van der Waals surface area contributed by atoms with Crippen molar-refractivity contribution in [3.8, 4) is 0 Å². The topological polar surface area (TPSA) is 54.5 Å². The first-order chi connectivity index (χ1) is 7.93. The monoisotopic (exact) mass is 321 g/mol. The fourth-order valence-corrected chi connectivity index (χ4v) is 3.66. The fourth-order valence-electron chi connectivity index (χ4n) is 1.64. The van der Waals surface area contributed by atoms with Crippen LogP contribution in [0.2, 0.25) is 0 Å². The quantitative estimate of drug-likeness (QED) is 0.836. The van der Waals surface area contributed by atoms with Crippen LogP contribution in [0.5, 0.6) is 0 Å². The Hall–Kier alpha value is -0.950. The number of carbonyl (C=O) groups excluding carboxylic acids is 1. The molecule has 92 valence electrons. The molecule has 1 aromatic carbocycles. The van der Waals surface area contributed by atoms with E-state index in [0.717, 1.165) is 22.5 Å². The van der Waals surface area contributed by atoms with E-state index >= 15 is 0 Å². The molecule has 7 heteroatoms. The Bertz CT molecular complexity index is 573. The van der Waals surface area contributed by atoms with Crippen molar-refractivity contribution in [1.82, 2.24) is 4.31 Å². The maximum atomic E-state index is 13.0. The van der Waals surface area contributed by atoms with Crippen molar-refractivity contribution < 1.29 is 17.6 Å². The van der Waals surface area contributed by atoms with Crippen molar-refractivity contribution in [3.05, 3.63) is 28.5 Å². The van der Waals surface area contributed by atoms with Gasteiger partial charge in [0.25, 0.3) is 10.0 Å². The third-order valence-electron chi connectivity index (χ3n) is 2.51. The van der Waals surface area contributed by atoms with Gasteiger partial charge in [-0.05, 0) is 40.5 Å². The summed E-state index contributed by atoms with van der Waals surface area (Å²) in [6.07, 6.45) is 0.766. The van der Waals surface area contributed by atoms with E-state index in [0.29, 0.717) is 6.42 Å². The Balaban J connectivity index is 2.44. The molecule has 0 aliphatic carbocycles. The first-order valence-corrected chi connectivity index (χ1v) is 7.17. The second-order valence-corrected chi connectivity index (χ2v) is 6.37. The average molecular weight is 322 g/mol. The van der Waals surface area contributed by atoms with Crippen molar-refractivity contribution in [2.24, 2.45) is 0 Å². The number of rotatable bonds is 2. The number of halogens is 2. The zero-order valence-electron chi connectivity index (χ0n) is 8.69. The molecular weight excluding hydrogens is 313 g/mol. The van der Waals surface area contributed by atoms with E-state index in [-0.39, 0.29) is 22.3 Å². The molecule has 2 rings (SSSR count). The van der Waals surface area contributed by atoms with Gasteiger partial charge in [0.15, 0.2) is 0 Å². The van der Waals surface area contributed by atoms with Gasteiger partial charge in [0.1, 0.15) is 5.82 Å². The Kier molecular flexibility index (Phi) is 3.22. The maximum absolute atomic E-state index is 13.0. The number of sulfonamides is 1. The van der Waals surface area contributed by atoms with Gasteiger partial charge in [0.05, 0.1) is 9.37 Å². The molecule has 0 saturated carbocycles. The summed E-state index contributed by atoms with van der Waals surface area (Å²) in [5, 5.41) is 0.